The van der Waals surface area contributed by atoms with Crippen molar-refractivity contribution in [1.82, 2.24) is 9.62 Å². The number of aliphatic hydroxyl groups is 1. The van der Waals surface area contributed by atoms with Gasteiger partial charge in [0.2, 0.25) is 10.0 Å². The van der Waals surface area contributed by atoms with Gasteiger partial charge in [-0.15, -0.1) is 0 Å². The quantitative estimate of drug-likeness (QED) is 0.126. The third kappa shape index (κ3) is 8.57. The van der Waals surface area contributed by atoms with Gasteiger partial charge >= 0.3 is 12.1 Å². The van der Waals surface area contributed by atoms with E-state index in [-0.39, 0.29) is 60.0 Å². The summed E-state index contributed by atoms with van der Waals surface area (Å²) in [5.41, 5.74) is 7.02. The molecule has 2 saturated carbocycles. The third-order valence-electron chi connectivity index (χ3n) is 10.8. The van der Waals surface area contributed by atoms with Crippen molar-refractivity contribution in [3.05, 3.63) is 60.2 Å². The Hall–Kier alpha value is -3.23. The highest BCUT2D eigenvalue weighted by Gasteiger charge is 2.56. The van der Waals surface area contributed by atoms with Gasteiger partial charge < -0.3 is 35.1 Å². The number of esters is 1. The molecule has 7 atom stereocenters. The summed E-state index contributed by atoms with van der Waals surface area (Å²) in [6.45, 7) is 1.52. The predicted octanol–water partition coefficient (Wildman–Crippen LogP) is 3.73. The normalized spacial score (nSPS) is 26.2. The van der Waals surface area contributed by atoms with E-state index < -0.39 is 34.1 Å². The largest absolute Gasteiger partial charge is 0.462 e. The second kappa shape index (κ2) is 15.3. The summed E-state index contributed by atoms with van der Waals surface area (Å²) in [4.78, 5) is 25.1. The molecule has 4 aliphatic rings. The van der Waals surface area contributed by atoms with E-state index in [1.807, 2.05) is 30.3 Å². The lowest BCUT2D eigenvalue weighted by atomic mass is 9.90. The van der Waals surface area contributed by atoms with Crippen LogP contribution in [-0.4, -0.2) is 88.3 Å². The first kappa shape index (κ1) is 35.6. The fourth-order valence-corrected chi connectivity index (χ4v) is 9.42. The monoisotopic (exact) mass is 699 g/mol. The van der Waals surface area contributed by atoms with Crippen LogP contribution in [0.1, 0.15) is 50.5 Å². The van der Waals surface area contributed by atoms with Gasteiger partial charge in [0.05, 0.1) is 37.7 Å². The number of anilines is 1. The predicted molar refractivity (Wildman–Crippen MR) is 180 cm³/mol. The number of sulfonamides is 1. The standard InChI is InChI=1S/C36H49N3O9S/c1-45-35(42)38-16-6-5-13-36(14-15-36)23-39(49(43,44)28-11-9-27(37)10-12-28)20-31(40)25(17-24-7-3-2-4-8-24)19-32(41)48-33-26-18-29-30(33)22-47-34(29)46-21-26/h2-4,7-12,25-26,29-31,33-34,40H,5-6,13-23,37H2,1H3,(H,38,42)/t25-,26?,29?,30?,31-,33?,34?/m1/s1. The minimum Gasteiger partial charge on any atom is -0.462 e. The number of rotatable bonds is 17. The van der Waals surface area contributed by atoms with Crippen molar-refractivity contribution in [3.8, 4) is 0 Å². The summed E-state index contributed by atoms with van der Waals surface area (Å²) in [6, 6.07) is 15.7. The van der Waals surface area contributed by atoms with Gasteiger partial charge in [0.25, 0.3) is 0 Å². The molecule has 49 heavy (non-hydrogen) atoms. The molecule has 1 amide bonds. The van der Waals surface area contributed by atoms with Crippen molar-refractivity contribution in [3.63, 3.8) is 0 Å². The molecular formula is C36H49N3O9S. The van der Waals surface area contributed by atoms with Crippen molar-refractivity contribution >= 4 is 27.8 Å². The average molecular weight is 700 g/mol. The molecule has 2 saturated heterocycles. The minimum atomic E-state index is -4.03. The van der Waals surface area contributed by atoms with Gasteiger partial charge in [0.1, 0.15) is 6.10 Å². The van der Waals surface area contributed by atoms with Gasteiger partial charge in [-0.25, -0.2) is 13.2 Å². The number of nitrogens with zero attached hydrogens (tertiary/aromatic N) is 1. The number of carbonyl (C=O) groups excluding carboxylic acids is 2. The summed E-state index contributed by atoms with van der Waals surface area (Å²) in [5.74, 6) is -0.543. The zero-order chi connectivity index (χ0) is 34.6. The summed E-state index contributed by atoms with van der Waals surface area (Å²) < 4.78 is 52.1. The van der Waals surface area contributed by atoms with Crippen molar-refractivity contribution < 1.29 is 42.1 Å². The number of nitrogen functional groups attached to an aromatic ring is 1. The van der Waals surface area contributed by atoms with Crippen LogP contribution in [0.5, 0.6) is 0 Å². The SMILES string of the molecule is COC(=O)NCCCCC1(CN(C[C@@H](O)[C@@H](CC(=O)OC2C3COC4OCC2C4C3)Cc2ccccc2)S(=O)(=O)c2ccc(N)cc2)CC1. The summed E-state index contributed by atoms with van der Waals surface area (Å²) in [7, 11) is -2.71. The van der Waals surface area contributed by atoms with E-state index in [0.29, 0.717) is 31.9 Å². The lowest BCUT2D eigenvalue weighted by Gasteiger charge is -2.32. The van der Waals surface area contributed by atoms with Gasteiger partial charge in [-0.3, -0.25) is 4.79 Å². The molecule has 0 radical (unpaired) electrons. The number of hydrogen-bond donors (Lipinski definition) is 3. The molecule has 2 heterocycles. The number of benzene rings is 2. The molecular weight excluding hydrogens is 650 g/mol. The summed E-state index contributed by atoms with van der Waals surface area (Å²) >= 11 is 0. The zero-order valence-corrected chi connectivity index (χ0v) is 28.9. The number of nitrogens with one attached hydrogen (secondary N) is 1. The van der Waals surface area contributed by atoms with Crippen LogP contribution >= 0.6 is 0 Å². The number of hydrogen-bond acceptors (Lipinski definition) is 10. The van der Waals surface area contributed by atoms with Crippen LogP contribution in [0.2, 0.25) is 0 Å². The van der Waals surface area contributed by atoms with Crippen molar-refractivity contribution in [2.24, 2.45) is 29.1 Å². The lowest BCUT2D eigenvalue weighted by Crippen LogP contribution is -2.44. The van der Waals surface area contributed by atoms with Gasteiger partial charge in [-0.2, -0.15) is 4.31 Å². The van der Waals surface area contributed by atoms with Crippen molar-refractivity contribution in [1.29, 1.82) is 0 Å². The van der Waals surface area contributed by atoms with Crippen LogP contribution in [0, 0.1) is 29.1 Å². The summed E-state index contributed by atoms with van der Waals surface area (Å²) in [6.07, 6.45) is 3.10. The number of alkyl carbamates (subject to hydrolysis) is 1. The lowest BCUT2D eigenvalue weighted by molar-refractivity contribution is -0.178. The number of carbonyl (C=O) groups is 2. The Morgan fingerprint density at radius 2 is 1.80 bits per heavy atom. The first-order chi connectivity index (χ1) is 23.6. The molecule has 2 aromatic rings. The van der Waals surface area contributed by atoms with E-state index in [1.54, 1.807) is 12.1 Å². The molecule has 4 fully saturated rings. The van der Waals surface area contributed by atoms with E-state index in [1.165, 1.54) is 23.5 Å². The second-order valence-electron chi connectivity index (χ2n) is 14.3. The van der Waals surface area contributed by atoms with Crippen LogP contribution in [0.4, 0.5) is 10.5 Å². The maximum atomic E-state index is 14.2. The molecule has 2 aliphatic carbocycles. The molecule has 4 N–H and O–H groups in total. The maximum Gasteiger partial charge on any atom is 0.406 e. The third-order valence-corrected chi connectivity index (χ3v) is 12.7. The van der Waals surface area contributed by atoms with E-state index >= 15 is 0 Å². The smallest absolute Gasteiger partial charge is 0.406 e. The topological polar surface area (TPSA) is 167 Å². The molecule has 0 spiro atoms. The van der Waals surface area contributed by atoms with Crippen LogP contribution in [0.15, 0.2) is 59.5 Å². The molecule has 12 nitrogen and oxygen atoms in total. The van der Waals surface area contributed by atoms with Crippen LogP contribution in [-0.2, 0) is 40.2 Å². The fourth-order valence-electron chi connectivity index (χ4n) is 7.84. The molecule has 5 unspecified atom stereocenters. The van der Waals surface area contributed by atoms with Crippen LogP contribution < -0.4 is 11.1 Å². The Balaban J connectivity index is 1.17. The van der Waals surface area contributed by atoms with Gasteiger partial charge in [-0.1, -0.05) is 36.8 Å². The van der Waals surface area contributed by atoms with Crippen molar-refractivity contribution in [2.75, 3.05) is 45.7 Å². The fraction of sp³-hybridized carbons (Fsp3) is 0.611. The Kier molecular flexibility index (Phi) is 11.1. The molecule has 2 aliphatic heterocycles. The summed E-state index contributed by atoms with van der Waals surface area (Å²) in [5, 5.41) is 14.6. The van der Waals surface area contributed by atoms with Gasteiger partial charge in [0.15, 0.2) is 6.29 Å². The van der Waals surface area contributed by atoms with E-state index in [9.17, 15) is 23.1 Å². The van der Waals surface area contributed by atoms with E-state index in [2.05, 4.69) is 10.1 Å². The maximum absolute atomic E-state index is 14.2. The van der Waals surface area contributed by atoms with E-state index in [4.69, 9.17) is 19.9 Å². The number of methoxy groups -OCH3 is 1. The van der Waals surface area contributed by atoms with Gasteiger partial charge in [-0.05, 0) is 73.8 Å². The van der Waals surface area contributed by atoms with Gasteiger partial charge in [0, 0.05) is 49.0 Å². The molecule has 6 rings (SSSR count). The van der Waals surface area contributed by atoms with Crippen molar-refractivity contribution in [2.45, 2.75) is 74.8 Å². The number of unbranched alkanes of at least 4 members (excludes halogenated alkanes) is 1. The van der Waals surface area contributed by atoms with E-state index in [0.717, 1.165) is 44.1 Å². The first-order valence-electron chi connectivity index (χ1n) is 17.4. The Morgan fingerprint density at radius 1 is 1.06 bits per heavy atom. The number of nitrogens with two attached hydrogens (primary N) is 1. The zero-order valence-electron chi connectivity index (χ0n) is 28.1. The Bertz CT molecular complexity index is 1540. The van der Waals surface area contributed by atoms with Crippen LogP contribution in [0.25, 0.3) is 0 Å². The highest BCUT2D eigenvalue weighted by Crippen LogP contribution is 2.51. The Morgan fingerprint density at radius 3 is 2.51 bits per heavy atom. The molecule has 2 aromatic carbocycles. The molecule has 2 bridgehead atoms. The first-order valence-corrected chi connectivity index (χ1v) is 18.8. The molecule has 13 heteroatoms. The van der Waals surface area contributed by atoms with Crippen LogP contribution in [0.3, 0.4) is 0 Å². The number of ether oxygens (including phenoxy) is 4. The molecule has 0 aromatic heterocycles. The Labute approximate surface area is 288 Å². The highest BCUT2D eigenvalue weighted by molar-refractivity contribution is 7.89. The number of amides is 1. The highest BCUT2D eigenvalue weighted by atomic mass is 32.2. The minimum absolute atomic E-state index is 0.0596. The second-order valence-corrected chi connectivity index (χ2v) is 16.2. The average Bonchev–Trinajstić information content (AvgIpc) is 3.63. The number of aliphatic hydroxyl groups excluding tert-OH is 1. The molecule has 268 valence electrons. The number of fused-ring (bicyclic) bond motifs is 1.